The molecule has 0 aliphatic carbocycles. The van der Waals surface area contributed by atoms with Gasteiger partial charge in [-0.1, -0.05) is 12.1 Å². The predicted molar refractivity (Wildman–Crippen MR) is 110 cm³/mol. The molecule has 0 saturated carbocycles. The first-order chi connectivity index (χ1) is 14.0. The van der Waals surface area contributed by atoms with Crippen LogP contribution in [0.25, 0.3) is 0 Å². The van der Waals surface area contributed by atoms with Crippen molar-refractivity contribution in [2.75, 3.05) is 33.9 Å². The molecule has 2 aliphatic rings. The van der Waals surface area contributed by atoms with Crippen molar-refractivity contribution in [2.45, 2.75) is 37.1 Å². The fraction of sp³-hybridized carbons (Fsp3) is 0.478. The van der Waals surface area contributed by atoms with E-state index in [4.69, 9.17) is 14.2 Å². The molecule has 6 nitrogen and oxygen atoms in total. The summed E-state index contributed by atoms with van der Waals surface area (Å²) in [5, 5.41) is 21.3. The van der Waals surface area contributed by atoms with Gasteiger partial charge in [-0.3, -0.25) is 0 Å². The van der Waals surface area contributed by atoms with Gasteiger partial charge >= 0.3 is 0 Å². The third-order valence-electron chi connectivity index (χ3n) is 6.17. The maximum absolute atomic E-state index is 10.7. The van der Waals surface area contributed by atoms with E-state index < -0.39 is 12.2 Å². The highest BCUT2D eigenvalue weighted by molar-refractivity contribution is 5.43. The molecule has 2 aliphatic heterocycles. The quantitative estimate of drug-likeness (QED) is 0.805. The maximum Gasteiger partial charge on any atom is 0.126 e. The van der Waals surface area contributed by atoms with Crippen LogP contribution < -0.4 is 14.2 Å². The second kappa shape index (κ2) is 8.22. The number of methoxy groups -OCH3 is 2. The number of benzene rings is 2. The van der Waals surface area contributed by atoms with Gasteiger partial charge in [-0.25, -0.2) is 0 Å². The van der Waals surface area contributed by atoms with Gasteiger partial charge in [0.1, 0.15) is 22.8 Å². The SMILES string of the molecule is COc1ccc(C(O)CN2CCC3(CC2)CC(O)c2cc(OC)ccc2O3)cc1. The van der Waals surface area contributed by atoms with Crippen molar-refractivity contribution in [3.05, 3.63) is 53.6 Å². The average Bonchev–Trinajstić information content (AvgIpc) is 2.75. The molecule has 0 aromatic heterocycles. The topological polar surface area (TPSA) is 71.4 Å². The molecule has 2 atom stereocenters. The summed E-state index contributed by atoms with van der Waals surface area (Å²) in [4.78, 5) is 2.26. The number of hydrogen-bond acceptors (Lipinski definition) is 6. The van der Waals surface area contributed by atoms with Gasteiger partial charge in [0.2, 0.25) is 0 Å². The third-order valence-corrected chi connectivity index (χ3v) is 6.17. The Morgan fingerprint density at radius 1 is 1.07 bits per heavy atom. The van der Waals surface area contributed by atoms with Crippen molar-refractivity contribution in [3.8, 4) is 17.2 Å². The fourth-order valence-corrected chi connectivity index (χ4v) is 4.37. The van der Waals surface area contributed by atoms with Gasteiger partial charge in [0.15, 0.2) is 0 Å². The van der Waals surface area contributed by atoms with Gasteiger partial charge in [0, 0.05) is 31.6 Å². The zero-order chi connectivity index (χ0) is 20.4. The van der Waals surface area contributed by atoms with E-state index in [0.29, 0.717) is 13.0 Å². The Labute approximate surface area is 171 Å². The minimum atomic E-state index is -0.551. The molecule has 29 heavy (non-hydrogen) atoms. The van der Waals surface area contributed by atoms with Crippen LogP contribution in [0, 0.1) is 0 Å². The van der Waals surface area contributed by atoms with Gasteiger partial charge < -0.3 is 29.3 Å². The van der Waals surface area contributed by atoms with Gasteiger partial charge in [-0.2, -0.15) is 0 Å². The maximum atomic E-state index is 10.7. The number of ether oxygens (including phenoxy) is 3. The minimum Gasteiger partial charge on any atom is -0.497 e. The third kappa shape index (κ3) is 4.20. The molecule has 2 aromatic rings. The Morgan fingerprint density at radius 3 is 2.38 bits per heavy atom. The second-order valence-electron chi connectivity index (χ2n) is 8.00. The van der Waals surface area contributed by atoms with E-state index in [1.807, 2.05) is 42.5 Å². The number of aliphatic hydroxyl groups excluding tert-OH is 2. The molecule has 1 saturated heterocycles. The van der Waals surface area contributed by atoms with Gasteiger partial charge in [-0.05, 0) is 48.7 Å². The molecule has 2 heterocycles. The number of fused-ring (bicyclic) bond motifs is 1. The lowest BCUT2D eigenvalue weighted by atomic mass is 9.81. The van der Waals surface area contributed by atoms with Crippen molar-refractivity contribution >= 4 is 0 Å². The smallest absolute Gasteiger partial charge is 0.126 e. The van der Waals surface area contributed by atoms with E-state index >= 15 is 0 Å². The van der Waals surface area contributed by atoms with Gasteiger partial charge in [-0.15, -0.1) is 0 Å². The summed E-state index contributed by atoms with van der Waals surface area (Å²) in [5.74, 6) is 2.26. The van der Waals surface area contributed by atoms with Gasteiger partial charge in [0.25, 0.3) is 0 Å². The molecule has 1 spiro atoms. The largest absolute Gasteiger partial charge is 0.497 e. The minimum absolute atomic E-state index is 0.345. The summed E-state index contributed by atoms with van der Waals surface area (Å²) in [5.41, 5.74) is 1.34. The summed E-state index contributed by atoms with van der Waals surface area (Å²) < 4.78 is 16.8. The molecule has 2 unspecified atom stereocenters. The van der Waals surface area contributed by atoms with E-state index in [2.05, 4.69) is 4.90 Å². The highest BCUT2D eigenvalue weighted by Gasteiger charge is 2.43. The van der Waals surface area contributed by atoms with Crippen LogP contribution in [0.1, 0.15) is 42.6 Å². The Kier molecular flexibility index (Phi) is 5.67. The van der Waals surface area contributed by atoms with Crippen molar-refractivity contribution < 1.29 is 24.4 Å². The van der Waals surface area contributed by atoms with Crippen molar-refractivity contribution in [1.82, 2.24) is 4.90 Å². The first-order valence-electron chi connectivity index (χ1n) is 10.1. The summed E-state index contributed by atoms with van der Waals surface area (Å²) in [6, 6.07) is 13.2. The van der Waals surface area contributed by atoms with Crippen LogP contribution >= 0.6 is 0 Å². The standard InChI is InChI=1S/C23H29NO5/c1-27-17-5-3-16(4-6-17)21(26)15-24-11-9-23(10-12-24)14-20(25)19-13-18(28-2)7-8-22(19)29-23/h3-8,13,20-21,25-26H,9-12,14-15H2,1-2H3. The molecule has 2 N–H and O–H groups in total. The van der Waals surface area contributed by atoms with Crippen LogP contribution in [-0.4, -0.2) is 54.6 Å². The van der Waals surface area contributed by atoms with Crippen molar-refractivity contribution in [1.29, 1.82) is 0 Å². The fourth-order valence-electron chi connectivity index (χ4n) is 4.37. The molecule has 156 valence electrons. The molecule has 1 fully saturated rings. The van der Waals surface area contributed by atoms with Crippen LogP contribution in [0.5, 0.6) is 17.2 Å². The summed E-state index contributed by atoms with van der Waals surface area (Å²) in [7, 11) is 3.25. The van der Waals surface area contributed by atoms with E-state index in [9.17, 15) is 10.2 Å². The zero-order valence-corrected chi connectivity index (χ0v) is 17.0. The highest BCUT2D eigenvalue weighted by Crippen LogP contribution is 2.45. The lowest BCUT2D eigenvalue weighted by Crippen LogP contribution is -2.51. The Hall–Kier alpha value is -2.28. The Bertz CT molecular complexity index is 830. The lowest BCUT2D eigenvalue weighted by Gasteiger charge is -2.46. The molecular formula is C23H29NO5. The first kappa shape index (κ1) is 20.0. The average molecular weight is 399 g/mol. The first-order valence-corrected chi connectivity index (χ1v) is 10.1. The lowest BCUT2D eigenvalue weighted by molar-refractivity contribution is -0.0588. The van der Waals surface area contributed by atoms with Crippen LogP contribution in [0.15, 0.2) is 42.5 Å². The molecule has 4 rings (SSSR count). The van der Waals surface area contributed by atoms with E-state index in [0.717, 1.165) is 54.3 Å². The normalized spacial score (nSPS) is 21.9. The number of hydrogen-bond donors (Lipinski definition) is 2. The Morgan fingerprint density at radius 2 is 1.72 bits per heavy atom. The number of β-amino-alcohol motifs (C(OH)–C–C–N with tert-alkyl or cyclic N) is 1. The molecule has 2 aromatic carbocycles. The monoisotopic (exact) mass is 399 g/mol. The number of nitrogens with zero attached hydrogens (tertiary/aromatic N) is 1. The van der Waals surface area contributed by atoms with Crippen LogP contribution in [-0.2, 0) is 0 Å². The van der Waals surface area contributed by atoms with Crippen LogP contribution in [0.3, 0.4) is 0 Å². The van der Waals surface area contributed by atoms with E-state index in [1.54, 1.807) is 14.2 Å². The van der Waals surface area contributed by atoms with Crippen molar-refractivity contribution in [2.24, 2.45) is 0 Å². The highest BCUT2D eigenvalue weighted by atomic mass is 16.5. The number of likely N-dealkylation sites (tertiary alicyclic amines) is 1. The molecule has 6 heteroatoms. The number of aliphatic hydroxyl groups is 2. The van der Waals surface area contributed by atoms with Crippen LogP contribution in [0.4, 0.5) is 0 Å². The summed E-state index contributed by atoms with van der Waals surface area (Å²) in [6.07, 6.45) is 1.14. The molecule has 0 bridgehead atoms. The van der Waals surface area contributed by atoms with Crippen LogP contribution in [0.2, 0.25) is 0 Å². The predicted octanol–water partition coefficient (Wildman–Crippen LogP) is 3.09. The van der Waals surface area contributed by atoms with E-state index in [-0.39, 0.29) is 5.60 Å². The van der Waals surface area contributed by atoms with Gasteiger partial charge in [0.05, 0.1) is 26.4 Å². The zero-order valence-electron chi connectivity index (χ0n) is 17.0. The van der Waals surface area contributed by atoms with E-state index in [1.165, 1.54) is 0 Å². The number of piperidine rings is 1. The Balaban J connectivity index is 1.37. The summed E-state index contributed by atoms with van der Waals surface area (Å²) in [6.45, 7) is 2.23. The summed E-state index contributed by atoms with van der Waals surface area (Å²) >= 11 is 0. The second-order valence-corrected chi connectivity index (χ2v) is 8.00. The number of rotatable bonds is 5. The molecule has 0 radical (unpaired) electrons. The molecular weight excluding hydrogens is 370 g/mol. The molecule has 0 amide bonds. The van der Waals surface area contributed by atoms with Crippen molar-refractivity contribution in [3.63, 3.8) is 0 Å².